The largest absolute Gasteiger partial charge is 0.452 e. The quantitative estimate of drug-likeness (QED) is 0.166. The van der Waals surface area contributed by atoms with Gasteiger partial charge in [0, 0.05) is 69.8 Å². The molecule has 0 atom stereocenters. The van der Waals surface area contributed by atoms with Gasteiger partial charge in [-0.1, -0.05) is 146 Å². The van der Waals surface area contributed by atoms with Crippen molar-refractivity contribution in [3.05, 3.63) is 194 Å². The van der Waals surface area contributed by atoms with Crippen LogP contribution in [-0.4, -0.2) is 29.5 Å². The molecule has 7 nitrogen and oxygen atoms in total. The fraction of sp³-hybridized carbons (Fsp3) is 0. The molecular weight excluding hydrogens is 793 g/mol. The van der Waals surface area contributed by atoms with Crippen LogP contribution in [-0.2, 0) is 0 Å². The number of furan rings is 1. The average molecular weight is 825 g/mol. The lowest BCUT2D eigenvalue weighted by atomic mass is 10.0. The van der Waals surface area contributed by atoms with Gasteiger partial charge in [-0.2, -0.15) is 0 Å². The summed E-state index contributed by atoms with van der Waals surface area (Å²) in [5, 5.41) is 5.42. The van der Waals surface area contributed by atoms with Crippen LogP contribution in [0.1, 0.15) is 0 Å². The smallest absolute Gasteiger partial charge is 0.180 e. The number of para-hydroxylation sites is 3. The topological polar surface area (TPSA) is 82.5 Å². The summed E-state index contributed by atoms with van der Waals surface area (Å²) in [6.07, 6.45) is 0. The third-order valence-corrected chi connectivity index (χ3v) is 13.0. The van der Waals surface area contributed by atoms with Crippen molar-refractivity contribution in [2.75, 3.05) is 0 Å². The molecule has 0 aliphatic heterocycles. The van der Waals surface area contributed by atoms with Crippen LogP contribution in [0.15, 0.2) is 199 Å². The molecule has 0 amide bonds. The van der Waals surface area contributed by atoms with Crippen molar-refractivity contribution in [2.45, 2.75) is 0 Å². The average Bonchev–Trinajstić information content (AvgIpc) is 4.04. The molecular formula is C55H32N6OS. The highest BCUT2D eigenvalue weighted by molar-refractivity contribution is 7.26. The highest BCUT2D eigenvalue weighted by atomic mass is 32.1. The first kappa shape index (κ1) is 35.4. The van der Waals surface area contributed by atoms with E-state index in [9.17, 15) is 0 Å². The summed E-state index contributed by atoms with van der Waals surface area (Å²) in [4.78, 5) is 26.1. The monoisotopic (exact) mass is 824 g/mol. The van der Waals surface area contributed by atoms with Crippen molar-refractivity contribution >= 4 is 75.4 Å². The van der Waals surface area contributed by atoms with Gasteiger partial charge >= 0.3 is 0 Å². The molecule has 0 unspecified atom stereocenters. The molecule has 63 heavy (non-hydrogen) atoms. The predicted molar refractivity (Wildman–Crippen MR) is 257 cm³/mol. The zero-order valence-corrected chi connectivity index (χ0v) is 34.3. The summed E-state index contributed by atoms with van der Waals surface area (Å²) in [6.45, 7) is 0. The first-order valence-electron chi connectivity index (χ1n) is 20.8. The normalized spacial score (nSPS) is 11.8. The van der Waals surface area contributed by atoms with Gasteiger partial charge in [0.15, 0.2) is 28.9 Å². The van der Waals surface area contributed by atoms with Gasteiger partial charge in [-0.25, -0.2) is 24.9 Å². The molecule has 13 rings (SSSR count). The van der Waals surface area contributed by atoms with Crippen LogP contribution in [0.4, 0.5) is 0 Å². The number of benzene rings is 8. The molecule has 0 saturated carbocycles. The van der Waals surface area contributed by atoms with Gasteiger partial charge in [-0.15, -0.1) is 11.3 Å². The first-order chi connectivity index (χ1) is 31.2. The van der Waals surface area contributed by atoms with Gasteiger partial charge < -0.3 is 8.98 Å². The second-order valence-electron chi connectivity index (χ2n) is 15.6. The molecule has 5 heterocycles. The van der Waals surface area contributed by atoms with Crippen LogP contribution < -0.4 is 0 Å². The number of hydrogen-bond donors (Lipinski definition) is 0. The molecule has 8 aromatic carbocycles. The summed E-state index contributed by atoms with van der Waals surface area (Å²) in [6, 6.07) is 66.8. The maximum Gasteiger partial charge on any atom is 0.180 e. The maximum atomic E-state index is 6.42. The van der Waals surface area contributed by atoms with Crippen LogP contribution in [0.2, 0.25) is 0 Å². The van der Waals surface area contributed by atoms with Crippen molar-refractivity contribution in [1.29, 1.82) is 0 Å². The Balaban J connectivity index is 0.999. The number of nitrogens with zero attached hydrogens (tertiary/aromatic N) is 6. The zero-order valence-electron chi connectivity index (χ0n) is 33.5. The van der Waals surface area contributed by atoms with E-state index >= 15 is 0 Å². The molecule has 0 saturated heterocycles. The van der Waals surface area contributed by atoms with E-state index in [0.29, 0.717) is 28.9 Å². The molecule has 5 aromatic heterocycles. The zero-order chi connectivity index (χ0) is 41.4. The Labute approximate surface area is 364 Å². The third kappa shape index (κ3) is 5.69. The van der Waals surface area contributed by atoms with E-state index in [0.717, 1.165) is 97.7 Å². The van der Waals surface area contributed by atoms with Crippen molar-refractivity contribution in [2.24, 2.45) is 0 Å². The second kappa shape index (κ2) is 14.1. The van der Waals surface area contributed by atoms with Crippen LogP contribution >= 0.6 is 11.3 Å². The van der Waals surface area contributed by atoms with Crippen molar-refractivity contribution in [3.63, 3.8) is 0 Å². The van der Waals surface area contributed by atoms with Crippen molar-refractivity contribution in [1.82, 2.24) is 29.5 Å². The fourth-order valence-electron chi connectivity index (χ4n) is 9.06. The number of aromatic nitrogens is 6. The standard InChI is InChI=1S/C55H32N6OS/c1-4-16-33(17-5-1)49-51-50(38-23-11-13-28-44(38)62-51)57-54(56-49)41-25-15-29-45-48(41)39-31-30-35(32-46(39)63-45)53-58-52(34-18-6-2-7-19-34)59-55(60-53)40-24-14-27-43-47(40)37-22-10-12-26-42(37)61(43)36-20-8-3-9-21-36/h1-32H. The minimum absolute atomic E-state index is 0.607. The highest BCUT2D eigenvalue weighted by Crippen LogP contribution is 2.43. The fourth-order valence-corrected chi connectivity index (χ4v) is 10.2. The Morgan fingerprint density at radius 3 is 1.83 bits per heavy atom. The lowest BCUT2D eigenvalue weighted by Gasteiger charge is -2.10. The van der Waals surface area contributed by atoms with Gasteiger partial charge in [0.25, 0.3) is 0 Å². The van der Waals surface area contributed by atoms with Gasteiger partial charge in [-0.3, -0.25) is 0 Å². The highest BCUT2D eigenvalue weighted by Gasteiger charge is 2.22. The Morgan fingerprint density at radius 2 is 1.02 bits per heavy atom. The van der Waals surface area contributed by atoms with Gasteiger partial charge in [0.2, 0.25) is 0 Å². The van der Waals surface area contributed by atoms with E-state index in [2.05, 4.69) is 144 Å². The first-order valence-corrected chi connectivity index (χ1v) is 21.7. The van der Waals surface area contributed by atoms with E-state index in [1.165, 1.54) is 0 Å². The molecule has 294 valence electrons. The van der Waals surface area contributed by atoms with E-state index in [1.807, 2.05) is 54.6 Å². The molecule has 0 fully saturated rings. The van der Waals surface area contributed by atoms with Gasteiger partial charge in [-0.05, 0) is 48.5 Å². The minimum atomic E-state index is 0.607. The SMILES string of the molecule is c1ccc(-c2nc(-c3ccc4c(c3)sc3cccc(-c5nc(-c6ccccc6)c6oc7ccccc7c6n5)c34)nc(-c3cccc4c3c3ccccc3n4-c3ccccc3)n2)cc1. The summed E-state index contributed by atoms with van der Waals surface area (Å²) < 4.78 is 11.0. The minimum Gasteiger partial charge on any atom is -0.452 e. The van der Waals surface area contributed by atoms with Crippen LogP contribution in [0.25, 0.3) is 127 Å². The lowest BCUT2D eigenvalue weighted by Crippen LogP contribution is -2.00. The van der Waals surface area contributed by atoms with Crippen molar-refractivity contribution in [3.8, 4) is 62.5 Å². The predicted octanol–water partition coefficient (Wildman–Crippen LogP) is 14.4. The van der Waals surface area contributed by atoms with Gasteiger partial charge in [0.05, 0.1) is 11.0 Å². The Bertz CT molecular complexity index is 3910. The molecule has 0 radical (unpaired) electrons. The van der Waals surface area contributed by atoms with Crippen LogP contribution in [0, 0.1) is 0 Å². The molecule has 0 aliphatic rings. The summed E-state index contributed by atoms with van der Waals surface area (Å²) in [5.41, 5.74) is 11.1. The molecule has 13 aromatic rings. The number of thiophene rings is 1. The Kier molecular flexibility index (Phi) is 7.94. The third-order valence-electron chi connectivity index (χ3n) is 11.9. The van der Waals surface area contributed by atoms with Crippen LogP contribution in [0.3, 0.4) is 0 Å². The van der Waals surface area contributed by atoms with E-state index in [1.54, 1.807) is 11.3 Å². The Hall–Kier alpha value is -8.33. The number of fused-ring (bicyclic) bond motifs is 9. The van der Waals surface area contributed by atoms with Crippen LogP contribution in [0.5, 0.6) is 0 Å². The molecule has 0 bridgehead atoms. The van der Waals surface area contributed by atoms with E-state index < -0.39 is 0 Å². The van der Waals surface area contributed by atoms with E-state index in [-0.39, 0.29) is 0 Å². The lowest BCUT2D eigenvalue weighted by molar-refractivity contribution is 0.667. The second-order valence-corrected chi connectivity index (χ2v) is 16.7. The summed E-state index contributed by atoms with van der Waals surface area (Å²) in [5.74, 6) is 2.49. The van der Waals surface area contributed by atoms with Gasteiger partial charge in [0.1, 0.15) is 16.8 Å². The molecule has 0 N–H and O–H groups in total. The summed E-state index contributed by atoms with van der Waals surface area (Å²) in [7, 11) is 0. The summed E-state index contributed by atoms with van der Waals surface area (Å²) >= 11 is 1.74. The molecule has 0 spiro atoms. The number of hydrogen-bond acceptors (Lipinski definition) is 7. The maximum absolute atomic E-state index is 6.42. The Morgan fingerprint density at radius 1 is 0.397 bits per heavy atom. The molecule has 8 heteroatoms. The number of rotatable bonds is 6. The molecule has 0 aliphatic carbocycles. The van der Waals surface area contributed by atoms with E-state index in [4.69, 9.17) is 29.3 Å². The van der Waals surface area contributed by atoms with Crippen molar-refractivity contribution < 1.29 is 4.42 Å².